The predicted molar refractivity (Wildman–Crippen MR) is 71.7 cm³/mol. The van der Waals surface area contributed by atoms with E-state index >= 15 is 0 Å². The fourth-order valence-corrected chi connectivity index (χ4v) is 1.83. The van der Waals surface area contributed by atoms with Crippen molar-refractivity contribution in [2.45, 2.75) is 27.3 Å². The number of hydrogen-bond donors (Lipinski definition) is 3. The lowest BCUT2D eigenvalue weighted by Gasteiger charge is -2.18. The number of nitrogens with one attached hydrogen (secondary N) is 1. The first kappa shape index (κ1) is 15.0. The minimum absolute atomic E-state index is 0.0390. The summed E-state index contributed by atoms with van der Waals surface area (Å²) in [5.41, 5.74) is 6.60. The summed E-state index contributed by atoms with van der Waals surface area (Å²) in [5, 5.41) is 18.5. The Morgan fingerprint density at radius 1 is 1.63 bits per heavy atom. The molecule has 0 spiro atoms. The third kappa shape index (κ3) is 4.27. The Morgan fingerprint density at radius 2 is 2.32 bits per heavy atom. The SMILES string of the molecule is Cc1cnn(CCNC(=O)C(/C(N)=N/O)C(C)C)c1. The highest BCUT2D eigenvalue weighted by atomic mass is 16.4. The summed E-state index contributed by atoms with van der Waals surface area (Å²) in [6, 6.07) is 0. The van der Waals surface area contributed by atoms with Crippen molar-refractivity contribution in [1.29, 1.82) is 0 Å². The molecule has 0 saturated heterocycles. The van der Waals surface area contributed by atoms with Gasteiger partial charge in [0.1, 0.15) is 5.92 Å². The molecule has 0 saturated carbocycles. The molecule has 1 atom stereocenters. The molecule has 19 heavy (non-hydrogen) atoms. The number of oxime groups is 1. The largest absolute Gasteiger partial charge is 0.409 e. The molecule has 4 N–H and O–H groups in total. The van der Waals surface area contributed by atoms with Gasteiger partial charge >= 0.3 is 0 Å². The van der Waals surface area contributed by atoms with Gasteiger partial charge in [-0.05, 0) is 18.4 Å². The van der Waals surface area contributed by atoms with Gasteiger partial charge in [-0.1, -0.05) is 19.0 Å². The number of carbonyl (C=O) groups is 1. The zero-order valence-electron chi connectivity index (χ0n) is 11.5. The summed E-state index contributed by atoms with van der Waals surface area (Å²) in [5.74, 6) is -0.969. The van der Waals surface area contributed by atoms with Gasteiger partial charge in [0.05, 0.1) is 12.7 Å². The maximum atomic E-state index is 12.0. The number of hydrogen-bond acceptors (Lipinski definition) is 4. The summed E-state index contributed by atoms with van der Waals surface area (Å²) >= 11 is 0. The lowest BCUT2D eigenvalue weighted by Crippen LogP contribution is -2.42. The second-order valence-corrected chi connectivity index (χ2v) is 4.82. The molecular weight excluding hydrogens is 246 g/mol. The Balaban J connectivity index is 2.49. The fraction of sp³-hybridized carbons (Fsp3) is 0.583. The maximum Gasteiger partial charge on any atom is 0.231 e. The highest BCUT2D eigenvalue weighted by molar-refractivity contribution is 6.02. The number of carbonyl (C=O) groups excluding carboxylic acids is 1. The molecule has 0 bridgehead atoms. The molecule has 0 fully saturated rings. The molecule has 7 nitrogen and oxygen atoms in total. The number of aromatic nitrogens is 2. The summed E-state index contributed by atoms with van der Waals surface area (Å²) in [6.45, 7) is 6.68. The van der Waals surface area contributed by atoms with Gasteiger partial charge in [-0.25, -0.2) is 0 Å². The average molecular weight is 267 g/mol. The molecule has 1 aromatic heterocycles. The third-order valence-corrected chi connectivity index (χ3v) is 2.79. The molecule has 0 aliphatic heterocycles. The van der Waals surface area contributed by atoms with Crippen LogP contribution in [-0.4, -0.2) is 33.3 Å². The molecule has 1 heterocycles. The van der Waals surface area contributed by atoms with Crippen LogP contribution in [0, 0.1) is 18.8 Å². The molecule has 106 valence electrons. The van der Waals surface area contributed by atoms with Crippen molar-refractivity contribution in [2.24, 2.45) is 22.7 Å². The Hall–Kier alpha value is -2.05. The highest BCUT2D eigenvalue weighted by Gasteiger charge is 2.26. The normalized spacial score (nSPS) is 13.6. The second kappa shape index (κ2) is 6.77. The lowest BCUT2D eigenvalue weighted by molar-refractivity contribution is -0.124. The van der Waals surface area contributed by atoms with Gasteiger partial charge in [-0.3, -0.25) is 9.48 Å². The summed E-state index contributed by atoms with van der Waals surface area (Å²) in [7, 11) is 0. The minimum Gasteiger partial charge on any atom is -0.409 e. The van der Waals surface area contributed by atoms with Crippen LogP contribution in [0.25, 0.3) is 0 Å². The van der Waals surface area contributed by atoms with Crippen molar-refractivity contribution in [3.63, 3.8) is 0 Å². The Labute approximate surface area is 112 Å². The Kier molecular flexibility index (Phi) is 5.35. The van der Waals surface area contributed by atoms with Crippen LogP contribution < -0.4 is 11.1 Å². The van der Waals surface area contributed by atoms with Crippen molar-refractivity contribution in [3.05, 3.63) is 18.0 Å². The topological polar surface area (TPSA) is 106 Å². The summed E-state index contributed by atoms with van der Waals surface area (Å²) < 4.78 is 1.75. The van der Waals surface area contributed by atoms with Crippen LogP contribution in [0.4, 0.5) is 0 Å². The standard InChI is InChI=1S/C12H21N5O2/c1-8(2)10(11(13)16-19)12(18)14-4-5-17-7-9(3)6-15-17/h6-8,10,19H,4-5H2,1-3H3,(H2,13,16)(H,14,18). The van der Waals surface area contributed by atoms with E-state index in [1.807, 2.05) is 27.0 Å². The summed E-state index contributed by atoms with van der Waals surface area (Å²) in [6.07, 6.45) is 3.66. The van der Waals surface area contributed by atoms with E-state index in [2.05, 4.69) is 15.6 Å². The van der Waals surface area contributed by atoms with Gasteiger partial charge in [0, 0.05) is 12.7 Å². The smallest absolute Gasteiger partial charge is 0.231 e. The van der Waals surface area contributed by atoms with E-state index in [0.29, 0.717) is 13.1 Å². The molecular formula is C12H21N5O2. The molecule has 1 amide bonds. The number of amidine groups is 1. The van der Waals surface area contributed by atoms with E-state index in [9.17, 15) is 4.79 Å². The Bertz CT molecular complexity index is 453. The van der Waals surface area contributed by atoms with Crippen LogP contribution in [0.3, 0.4) is 0 Å². The number of amides is 1. The van der Waals surface area contributed by atoms with Gasteiger partial charge in [-0.2, -0.15) is 5.10 Å². The average Bonchev–Trinajstić information content (AvgIpc) is 2.74. The Morgan fingerprint density at radius 3 is 2.79 bits per heavy atom. The van der Waals surface area contributed by atoms with Crippen molar-refractivity contribution in [2.75, 3.05) is 6.54 Å². The van der Waals surface area contributed by atoms with Crippen LogP contribution in [0.5, 0.6) is 0 Å². The van der Waals surface area contributed by atoms with E-state index < -0.39 is 5.92 Å². The minimum atomic E-state index is -0.621. The number of rotatable bonds is 6. The zero-order valence-corrected chi connectivity index (χ0v) is 11.5. The maximum absolute atomic E-state index is 12.0. The van der Waals surface area contributed by atoms with E-state index in [1.165, 1.54) is 0 Å². The summed E-state index contributed by atoms with van der Waals surface area (Å²) in [4.78, 5) is 12.0. The molecule has 0 radical (unpaired) electrons. The first-order chi connectivity index (χ1) is 8.95. The van der Waals surface area contributed by atoms with Crippen LogP contribution in [0.2, 0.25) is 0 Å². The number of nitrogens with two attached hydrogens (primary N) is 1. The monoisotopic (exact) mass is 267 g/mol. The van der Waals surface area contributed by atoms with Crippen LogP contribution in [0.1, 0.15) is 19.4 Å². The quantitative estimate of drug-likeness (QED) is 0.299. The van der Waals surface area contributed by atoms with E-state index in [-0.39, 0.29) is 17.7 Å². The molecule has 7 heteroatoms. The van der Waals surface area contributed by atoms with Gasteiger partial charge in [0.25, 0.3) is 0 Å². The van der Waals surface area contributed by atoms with Gasteiger partial charge < -0.3 is 16.3 Å². The highest BCUT2D eigenvalue weighted by Crippen LogP contribution is 2.11. The molecule has 1 aromatic rings. The second-order valence-electron chi connectivity index (χ2n) is 4.82. The van der Waals surface area contributed by atoms with E-state index in [1.54, 1.807) is 10.9 Å². The van der Waals surface area contributed by atoms with Crippen LogP contribution in [-0.2, 0) is 11.3 Å². The lowest BCUT2D eigenvalue weighted by atomic mass is 9.94. The van der Waals surface area contributed by atoms with Gasteiger partial charge in [-0.15, -0.1) is 0 Å². The number of aryl methyl sites for hydroxylation is 1. The molecule has 1 rings (SSSR count). The van der Waals surface area contributed by atoms with E-state index in [0.717, 1.165) is 5.56 Å². The fourth-order valence-electron chi connectivity index (χ4n) is 1.83. The van der Waals surface area contributed by atoms with Crippen LogP contribution in [0.15, 0.2) is 17.5 Å². The molecule has 0 aliphatic carbocycles. The van der Waals surface area contributed by atoms with Crippen molar-refractivity contribution < 1.29 is 10.0 Å². The molecule has 0 aliphatic rings. The number of nitrogens with zero attached hydrogens (tertiary/aromatic N) is 3. The first-order valence-electron chi connectivity index (χ1n) is 6.20. The van der Waals surface area contributed by atoms with Gasteiger partial charge in [0.2, 0.25) is 5.91 Å². The van der Waals surface area contributed by atoms with Crippen molar-refractivity contribution in [3.8, 4) is 0 Å². The zero-order chi connectivity index (χ0) is 14.4. The van der Waals surface area contributed by atoms with E-state index in [4.69, 9.17) is 10.9 Å². The first-order valence-corrected chi connectivity index (χ1v) is 6.20. The van der Waals surface area contributed by atoms with Crippen LogP contribution >= 0.6 is 0 Å². The van der Waals surface area contributed by atoms with Gasteiger partial charge in [0.15, 0.2) is 5.84 Å². The van der Waals surface area contributed by atoms with Crippen molar-refractivity contribution >= 4 is 11.7 Å². The molecule has 1 unspecified atom stereocenters. The van der Waals surface area contributed by atoms with Crippen molar-refractivity contribution in [1.82, 2.24) is 15.1 Å². The third-order valence-electron chi connectivity index (χ3n) is 2.79. The molecule has 0 aromatic carbocycles. The predicted octanol–water partition coefficient (Wildman–Crippen LogP) is 0.326.